The quantitative estimate of drug-likeness (QED) is 0.632. The summed E-state index contributed by atoms with van der Waals surface area (Å²) >= 11 is 0. The van der Waals surface area contributed by atoms with Gasteiger partial charge in [0.15, 0.2) is 0 Å². The number of halogens is 1. The van der Waals surface area contributed by atoms with Gasteiger partial charge < -0.3 is 15.5 Å². The van der Waals surface area contributed by atoms with Gasteiger partial charge in [0, 0.05) is 31.7 Å². The molecule has 3 amide bonds. The first kappa shape index (κ1) is 16.9. The fourth-order valence-electron chi connectivity index (χ4n) is 2.35. The third kappa shape index (κ3) is 4.77. The average Bonchev–Trinajstić information content (AvgIpc) is 2.92. The van der Waals surface area contributed by atoms with Crippen LogP contribution in [0.1, 0.15) is 24.8 Å². The molecule has 2 N–H and O–H groups in total. The number of amides is 3. The normalized spacial score (nSPS) is 14.0. The molecular weight excluding hydrogens is 301 g/mol. The molecule has 0 aliphatic carbocycles. The second-order valence-electron chi connectivity index (χ2n) is 5.51. The zero-order valence-corrected chi connectivity index (χ0v) is 13.0. The highest BCUT2D eigenvalue weighted by Gasteiger charge is 2.19. The van der Waals surface area contributed by atoms with Crippen molar-refractivity contribution in [3.63, 3.8) is 0 Å². The Hall–Kier alpha value is -2.44. The van der Waals surface area contributed by atoms with Crippen LogP contribution in [-0.2, 0) is 14.4 Å². The second kappa shape index (κ2) is 7.71. The minimum Gasteiger partial charge on any atom is -0.348 e. The number of nitrogens with zero attached hydrogens (tertiary/aromatic N) is 1. The molecule has 1 aromatic carbocycles. The molecule has 1 saturated heterocycles. The Kier molecular flexibility index (Phi) is 5.67. The molecular formula is C16H20FN3O3. The molecule has 0 bridgehead atoms. The third-order valence-electron chi connectivity index (χ3n) is 3.70. The zero-order chi connectivity index (χ0) is 16.8. The van der Waals surface area contributed by atoms with Crippen molar-refractivity contribution in [2.75, 3.05) is 25.0 Å². The molecule has 0 saturated carbocycles. The van der Waals surface area contributed by atoms with Crippen molar-refractivity contribution in [2.24, 2.45) is 0 Å². The minimum absolute atomic E-state index is 0.135. The van der Waals surface area contributed by atoms with Gasteiger partial charge in [0.05, 0.1) is 0 Å². The summed E-state index contributed by atoms with van der Waals surface area (Å²) in [6, 6.07) is 4.22. The number of carbonyl (C=O) groups is 3. The van der Waals surface area contributed by atoms with Gasteiger partial charge in [0.1, 0.15) is 5.82 Å². The standard InChI is InChI=1S/C16H20FN3O3/c1-11-5-6-12(10-13(11)17)19-16(23)15(22)18-7-3-9-20-8-2-4-14(20)21/h5-6,10H,2-4,7-9H2,1H3,(H,18,22)(H,19,23). The van der Waals surface area contributed by atoms with Crippen LogP contribution >= 0.6 is 0 Å². The second-order valence-corrected chi connectivity index (χ2v) is 5.51. The Morgan fingerprint density at radius 3 is 2.74 bits per heavy atom. The maximum atomic E-state index is 13.4. The molecule has 0 unspecified atom stereocenters. The van der Waals surface area contributed by atoms with Crippen molar-refractivity contribution in [3.8, 4) is 0 Å². The Balaban J connectivity index is 1.71. The van der Waals surface area contributed by atoms with Crippen molar-refractivity contribution >= 4 is 23.4 Å². The van der Waals surface area contributed by atoms with Gasteiger partial charge in [0.2, 0.25) is 5.91 Å². The number of rotatable bonds is 5. The van der Waals surface area contributed by atoms with Gasteiger partial charge in [-0.3, -0.25) is 14.4 Å². The number of benzene rings is 1. The molecule has 1 aliphatic heterocycles. The van der Waals surface area contributed by atoms with Gasteiger partial charge in [-0.15, -0.1) is 0 Å². The maximum absolute atomic E-state index is 13.4. The van der Waals surface area contributed by atoms with Crippen LogP contribution < -0.4 is 10.6 Å². The van der Waals surface area contributed by atoms with Crippen LogP contribution in [0.4, 0.5) is 10.1 Å². The molecule has 7 heteroatoms. The van der Waals surface area contributed by atoms with E-state index in [1.54, 1.807) is 11.8 Å². The van der Waals surface area contributed by atoms with Crippen LogP contribution in [0.3, 0.4) is 0 Å². The molecule has 124 valence electrons. The van der Waals surface area contributed by atoms with Gasteiger partial charge >= 0.3 is 11.8 Å². The Morgan fingerprint density at radius 2 is 2.09 bits per heavy atom. The Bertz CT molecular complexity index is 619. The van der Waals surface area contributed by atoms with E-state index in [1.807, 2.05) is 0 Å². The summed E-state index contributed by atoms with van der Waals surface area (Å²) in [7, 11) is 0. The SMILES string of the molecule is Cc1ccc(NC(=O)C(=O)NCCCN2CCCC2=O)cc1F. The minimum atomic E-state index is -0.842. The van der Waals surface area contributed by atoms with Gasteiger partial charge in [-0.2, -0.15) is 0 Å². The van der Waals surface area contributed by atoms with E-state index in [9.17, 15) is 18.8 Å². The lowest BCUT2D eigenvalue weighted by Gasteiger charge is -2.15. The van der Waals surface area contributed by atoms with Crippen LogP contribution in [0, 0.1) is 12.7 Å². The molecule has 1 heterocycles. The molecule has 0 radical (unpaired) electrons. The number of aryl methyl sites for hydroxylation is 1. The smallest absolute Gasteiger partial charge is 0.313 e. The fourth-order valence-corrected chi connectivity index (χ4v) is 2.35. The highest BCUT2D eigenvalue weighted by Crippen LogP contribution is 2.13. The molecule has 1 fully saturated rings. The highest BCUT2D eigenvalue weighted by molar-refractivity contribution is 6.39. The average molecular weight is 321 g/mol. The van der Waals surface area contributed by atoms with Gasteiger partial charge in [-0.25, -0.2) is 4.39 Å². The molecule has 0 aromatic heterocycles. The van der Waals surface area contributed by atoms with E-state index in [-0.39, 0.29) is 11.6 Å². The van der Waals surface area contributed by atoms with E-state index in [0.717, 1.165) is 13.0 Å². The van der Waals surface area contributed by atoms with Crippen LogP contribution in [0.2, 0.25) is 0 Å². The number of hydrogen-bond donors (Lipinski definition) is 2. The number of likely N-dealkylation sites (tertiary alicyclic amines) is 1. The maximum Gasteiger partial charge on any atom is 0.313 e. The summed E-state index contributed by atoms with van der Waals surface area (Å²) in [6.07, 6.45) is 2.05. The summed E-state index contributed by atoms with van der Waals surface area (Å²) in [5.74, 6) is -1.93. The van der Waals surface area contributed by atoms with Crippen molar-refractivity contribution in [1.29, 1.82) is 0 Å². The molecule has 1 aliphatic rings. The predicted molar refractivity (Wildman–Crippen MR) is 83.2 cm³/mol. The molecule has 2 rings (SSSR count). The van der Waals surface area contributed by atoms with Crippen molar-refractivity contribution in [2.45, 2.75) is 26.2 Å². The summed E-state index contributed by atoms with van der Waals surface area (Å²) in [5, 5.41) is 4.83. The summed E-state index contributed by atoms with van der Waals surface area (Å²) in [6.45, 7) is 3.24. The van der Waals surface area contributed by atoms with Crippen LogP contribution in [0.25, 0.3) is 0 Å². The zero-order valence-electron chi connectivity index (χ0n) is 13.0. The monoisotopic (exact) mass is 321 g/mol. The number of anilines is 1. The number of hydrogen-bond acceptors (Lipinski definition) is 3. The van der Waals surface area contributed by atoms with E-state index in [2.05, 4.69) is 10.6 Å². The van der Waals surface area contributed by atoms with Gasteiger partial charge in [-0.1, -0.05) is 6.07 Å². The van der Waals surface area contributed by atoms with E-state index in [4.69, 9.17) is 0 Å². The summed E-state index contributed by atoms with van der Waals surface area (Å²) < 4.78 is 13.4. The highest BCUT2D eigenvalue weighted by atomic mass is 19.1. The third-order valence-corrected chi connectivity index (χ3v) is 3.70. The van der Waals surface area contributed by atoms with E-state index in [1.165, 1.54) is 18.2 Å². The topological polar surface area (TPSA) is 78.5 Å². The van der Waals surface area contributed by atoms with Crippen LogP contribution in [0.5, 0.6) is 0 Å². The molecule has 0 atom stereocenters. The van der Waals surface area contributed by atoms with Gasteiger partial charge in [0.25, 0.3) is 0 Å². The number of nitrogens with one attached hydrogen (secondary N) is 2. The lowest BCUT2D eigenvalue weighted by molar-refractivity contribution is -0.136. The van der Waals surface area contributed by atoms with Crippen molar-refractivity contribution in [3.05, 3.63) is 29.6 Å². The van der Waals surface area contributed by atoms with E-state index < -0.39 is 17.6 Å². The first-order valence-electron chi connectivity index (χ1n) is 7.60. The van der Waals surface area contributed by atoms with Crippen LogP contribution in [0.15, 0.2) is 18.2 Å². The summed E-state index contributed by atoms with van der Waals surface area (Å²) in [5.41, 5.74) is 0.694. The Labute approximate surface area is 134 Å². The molecule has 6 nitrogen and oxygen atoms in total. The van der Waals surface area contributed by atoms with Crippen molar-refractivity contribution < 1.29 is 18.8 Å². The first-order valence-corrected chi connectivity index (χ1v) is 7.60. The van der Waals surface area contributed by atoms with E-state index in [0.29, 0.717) is 31.5 Å². The molecule has 1 aromatic rings. The fraction of sp³-hybridized carbons (Fsp3) is 0.438. The predicted octanol–water partition coefficient (Wildman–Crippen LogP) is 1.20. The van der Waals surface area contributed by atoms with Crippen LogP contribution in [-0.4, -0.2) is 42.3 Å². The number of carbonyl (C=O) groups excluding carboxylic acids is 3. The Morgan fingerprint density at radius 1 is 1.30 bits per heavy atom. The molecule has 23 heavy (non-hydrogen) atoms. The lowest BCUT2D eigenvalue weighted by Crippen LogP contribution is -2.37. The lowest BCUT2D eigenvalue weighted by atomic mass is 10.2. The van der Waals surface area contributed by atoms with Crippen molar-refractivity contribution in [1.82, 2.24) is 10.2 Å². The first-order chi connectivity index (χ1) is 11.0. The largest absolute Gasteiger partial charge is 0.348 e. The summed E-state index contributed by atoms with van der Waals surface area (Å²) in [4.78, 5) is 36.5. The van der Waals surface area contributed by atoms with Gasteiger partial charge in [-0.05, 0) is 37.5 Å². The molecule has 0 spiro atoms. The van der Waals surface area contributed by atoms with E-state index >= 15 is 0 Å².